The molecule has 1 aromatic rings. The van der Waals surface area contributed by atoms with Crippen LogP contribution in [0.3, 0.4) is 0 Å². The van der Waals surface area contributed by atoms with Crippen LogP contribution in [0.5, 0.6) is 0 Å². The minimum Gasteiger partial charge on any atom is -0.465 e. The van der Waals surface area contributed by atoms with Crippen molar-refractivity contribution in [3.8, 4) is 0 Å². The smallest absolute Gasteiger partial charge is 0.118 e. The number of nitrogens with one attached hydrogen (secondary N) is 1. The summed E-state index contributed by atoms with van der Waals surface area (Å²) in [6.45, 7) is 12.8. The molecular formula is C16H30N2O2. The maximum atomic E-state index is 5.82. The Balaban J connectivity index is 2.37. The van der Waals surface area contributed by atoms with Gasteiger partial charge in [0.2, 0.25) is 0 Å². The largest absolute Gasteiger partial charge is 0.465 e. The third-order valence-electron chi connectivity index (χ3n) is 3.16. The Labute approximate surface area is 123 Å². The second kappa shape index (κ2) is 9.16. The minimum absolute atomic E-state index is 0.297. The monoisotopic (exact) mass is 282 g/mol. The molecular weight excluding hydrogens is 252 g/mol. The molecule has 1 rings (SSSR count). The number of nitrogens with zero attached hydrogens (tertiary/aromatic N) is 1. The summed E-state index contributed by atoms with van der Waals surface area (Å²) in [7, 11) is 2.09. The fourth-order valence-corrected chi connectivity index (χ4v) is 2.03. The van der Waals surface area contributed by atoms with Gasteiger partial charge in [-0.1, -0.05) is 6.92 Å². The zero-order valence-electron chi connectivity index (χ0n) is 13.7. The highest BCUT2D eigenvalue weighted by Crippen LogP contribution is 2.15. The van der Waals surface area contributed by atoms with Crippen LogP contribution in [0.1, 0.15) is 44.3 Å². The summed E-state index contributed by atoms with van der Waals surface area (Å²) in [5.74, 6) is 2.05. The first-order chi connectivity index (χ1) is 9.52. The van der Waals surface area contributed by atoms with Gasteiger partial charge in [0, 0.05) is 18.7 Å². The normalized spacial score (nSPS) is 11.8. The number of furan rings is 1. The Kier molecular flexibility index (Phi) is 7.88. The van der Waals surface area contributed by atoms with Crippen LogP contribution in [0.4, 0.5) is 0 Å². The Morgan fingerprint density at radius 2 is 2.15 bits per heavy atom. The van der Waals surface area contributed by atoms with Gasteiger partial charge in [0.15, 0.2) is 0 Å². The summed E-state index contributed by atoms with van der Waals surface area (Å²) in [5, 5.41) is 3.41. The molecule has 1 heterocycles. The molecule has 0 aliphatic carbocycles. The molecule has 0 saturated heterocycles. The van der Waals surface area contributed by atoms with E-state index in [2.05, 4.69) is 44.1 Å². The van der Waals surface area contributed by atoms with Crippen molar-refractivity contribution in [2.24, 2.45) is 0 Å². The van der Waals surface area contributed by atoms with Crippen molar-refractivity contribution in [1.29, 1.82) is 0 Å². The predicted molar refractivity (Wildman–Crippen MR) is 82.9 cm³/mol. The lowest BCUT2D eigenvalue weighted by Crippen LogP contribution is -2.23. The quantitative estimate of drug-likeness (QED) is 0.670. The van der Waals surface area contributed by atoms with E-state index in [1.807, 2.05) is 6.92 Å². The fraction of sp³-hybridized carbons (Fsp3) is 0.750. The number of likely N-dealkylation sites (N-methyl/N-ethyl adjacent to an activating group) is 1. The first-order valence-electron chi connectivity index (χ1n) is 7.62. The molecule has 4 heteroatoms. The van der Waals surface area contributed by atoms with Gasteiger partial charge in [-0.25, -0.2) is 0 Å². The molecule has 0 spiro atoms. The van der Waals surface area contributed by atoms with Crippen molar-refractivity contribution in [1.82, 2.24) is 10.2 Å². The molecule has 0 aromatic carbocycles. The molecule has 0 atom stereocenters. The maximum absolute atomic E-state index is 5.82. The Hall–Kier alpha value is -0.840. The van der Waals surface area contributed by atoms with Gasteiger partial charge >= 0.3 is 0 Å². The van der Waals surface area contributed by atoms with Crippen LogP contribution in [0.2, 0.25) is 0 Å². The highest BCUT2D eigenvalue weighted by molar-refractivity contribution is 5.20. The minimum atomic E-state index is 0.297. The van der Waals surface area contributed by atoms with E-state index < -0.39 is 0 Å². The summed E-state index contributed by atoms with van der Waals surface area (Å²) in [6, 6.07) is 2.16. The zero-order chi connectivity index (χ0) is 15.0. The third kappa shape index (κ3) is 6.55. The lowest BCUT2D eigenvalue weighted by molar-refractivity contribution is 0.0616. The highest BCUT2D eigenvalue weighted by Gasteiger charge is 2.09. The van der Waals surface area contributed by atoms with E-state index in [1.54, 1.807) is 0 Å². The predicted octanol–water partition coefficient (Wildman–Crippen LogP) is 2.94. The first-order valence-corrected chi connectivity index (χ1v) is 7.62. The summed E-state index contributed by atoms with van der Waals surface area (Å²) in [6.07, 6.45) is 1.45. The van der Waals surface area contributed by atoms with Gasteiger partial charge in [-0.15, -0.1) is 0 Å². The topological polar surface area (TPSA) is 37.6 Å². The molecule has 116 valence electrons. The second-order valence-electron chi connectivity index (χ2n) is 5.63. The molecule has 1 aromatic heterocycles. The van der Waals surface area contributed by atoms with E-state index in [0.717, 1.165) is 50.7 Å². The van der Waals surface area contributed by atoms with Crippen molar-refractivity contribution in [2.45, 2.75) is 53.3 Å². The molecule has 0 saturated carbocycles. The van der Waals surface area contributed by atoms with Crippen LogP contribution < -0.4 is 5.32 Å². The molecule has 1 N–H and O–H groups in total. The number of rotatable bonds is 10. The van der Waals surface area contributed by atoms with Crippen molar-refractivity contribution >= 4 is 0 Å². The van der Waals surface area contributed by atoms with Gasteiger partial charge < -0.3 is 14.5 Å². The molecule has 0 fully saturated rings. The van der Waals surface area contributed by atoms with E-state index in [-0.39, 0.29) is 0 Å². The average molecular weight is 282 g/mol. The zero-order valence-corrected chi connectivity index (χ0v) is 13.7. The molecule has 0 bridgehead atoms. The van der Waals surface area contributed by atoms with E-state index >= 15 is 0 Å². The fourth-order valence-electron chi connectivity index (χ4n) is 2.03. The highest BCUT2D eigenvalue weighted by atomic mass is 16.5. The Morgan fingerprint density at radius 3 is 2.80 bits per heavy atom. The Morgan fingerprint density at radius 1 is 1.40 bits per heavy atom. The van der Waals surface area contributed by atoms with Gasteiger partial charge in [0.05, 0.1) is 19.3 Å². The van der Waals surface area contributed by atoms with Crippen LogP contribution in [0.25, 0.3) is 0 Å². The molecule has 0 aliphatic rings. The SMILES string of the molecule is CCCNCc1cc(CN(C)CCOC(C)C)oc1C. The summed E-state index contributed by atoms with van der Waals surface area (Å²) in [4.78, 5) is 2.23. The number of hydrogen-bond donors (Lipinski definition) is 1. The van der Waals surface area contributed by atoms with E-state index in [4.69, 9.17) is 9.15 Å². The lowest BCUT2D eigenvalue weighted by Gasteiger charge is -2.16. The van der Waals surface area contributed by atoms with E-state index in [9.17, 15) is 0 Å². The van der Waals surface area contributed by atoms with Gasteiger partial charge in [-0.3, -0.25) is 4.90 Å². The van der Waals surface area contributed by atoms with Crippen LogP contribution in [0.15, 0.2) is 10.5 Å². The number of aryl methyl sites for hydroxylation is 1. The van der Waals surface area contributed by atoms with Gasteiger partial charge in [-0.05, 0) is 46.9 Å². The first kappa shape index (κ1) is 17.2. The van der Waals surface area contributed by atoms with Crippen molar-refractivity contribution < 1.29 is 9.15 Å². The van der Waals surface area contributed by atoms with E-state index in [0.29, 0.717) is 6.10 Å². The standard InChI is InChI=1S/C16H30N2O2/c1-6-7-17-11-15-10-16(20-14(15)4)12-18(5)8-9-19-13(2)3/h10,13,17H,6-9,11-12H2,1-5H3. The summed E-state index contributed by atoms with van der Waals surface area (Å²) < 4.78 is 11.4. The molecule has 0 amide bonds. The molecule has 4 nitrogen and oxygen atoms in total. The summed E-state index contributed by atoms with van der Waals surface area (Å²) in [5.41, 5.74) is 1.26. The lowest BCUT2D eigenvalue weighted by atomic mass is 10.2. The van der Waals surface area contributed by atoms with Gasteiger partial charge in [-0.2, -0.15) is 0 Å². The molecule has 20 heavy (non-hydrogen) atoms. The number of hydrogen-bond acceptors (Lipinski definition) is 4. The van der Waals surface area contributed by atoms with E-state index in [1.165, 1.54) is 5.56 Å². The Bertz CT molecular complexity index is 375. The molecule has 0 radical (unpaired) electrons. The van der Waals surface area contributed by atoms with Crippen LogP contribution in [-0.2, 0) is 17.8 Å². The maximum Gasteiger partial charge on any atom is 0.118 e. The second-order valence-corrected chi connectivity index (χ2v) is 5.63. The van der Waals surface area contributed by atoms with Crippen molar-refractivity contribution in [3.05, 3.63) is 23.2 Å². The summed E-state index contributed by atoms with van der Waals surface area (Å²) >= 11 is 0. The van der Waals surface area contributed by atoms with Crippen molar-refractivity contribution in [3.63, 3.8) is 0 Å². The molecule has 0 aliphatic heterocycles. The van der Waals surface area contributed by atoms with Gasteiger partial charge in [0.25, 0.3) is 0 Å². The van der Waals surface area contributed by atoms with Gasteiger partial charge in [0.1, 0.15) is 11.5 Å². The average Bonchev–Trinajstić information content (AvgIpc) is 2.69. The van der Waals surface area contributed by atoms with Crippen LogP contribution in [-0.4, -0.2) is 37.7 Å². The van der Waals surface area contributed by atoms with Crippen LogP contribution >= 0.6 is 0 Å². The number of ether oxygens (including phenoxy) is 1. The van der Waals surface area contributed by atoms with Crippen LogP contribution in [0, 0.1) is 6.92 Å². The third-order valence-corrected chi connectivity index (χ3v) is 3.16. The van der Waals surface area contributed by atoms with Crippen molar-refractivity contribution in [2.75, 3.05) is 26.7 Å². The molecule has 0 unspecified atom stereocenters.